The fourth-order valence-electron chi connectivity index (χ4n) is 3.02. The molecule has 2 heterocycles. The van der Waals surface area contributed by atoms with E-state index in [0.29, 0.717) is 5.56 Å². The molecule has 6 nitrogen and oxygen atoms in total. The Morgan fingerprint density at radius 3 is 2.42 bits per heavy atom. The number of nitrogens with zero attached hydrogens (tertiary/aromatic N) is 3. The molecule has 0 bridgehead atoms. The van der Waals surface area contributed by atoms with Crippen LogP contribution in [0.1, 0.15) is 12.0 Å². The van der Waals surface area contributed by atoms with Crippen molar-refractivity contribution in [1.29, 1.82) is 0 Å². The molecular weight excluding hydrogens is 351 g/mol. The number of carbonyl (C=O) groups excluding carboxylic acids is 1. The number of hydrogen-bond acceptors (Lipinski definition) is 3. The number of aliphatic carboxylic acids is 1. The standard InChI is InChI=1S/C17H16F3N3O3/c18-17(19,20)16(15(25)26)6-9-22(11-16)14(24)10-12-2-4-13(5-3-12)23-8-1-7-21-23/h1-5,7-8H,6,9-11H2,(H,25,26). The van der Waals surface area contributed by atoms with Crippen LogP contribution in [0.3, 0.4) is 0 Å². The van der Waals surface area contributed by atoms with Gasteiger partial charge >= 0.3 is 12.1 Å². The SMILES string of the molecule is O=C(Cc1ccc(-n2cccn2)cc1)N1CCC(C(=O)O)(C(F)(F)F)C1. The number of aromatic nitrogens is 2. The molecule has 1 aromatic heterocycles. The summed E-state index contributed by atoms with van der Waals surface area (Å²) < 4.78 is 41.2. The van der Waals surface area contributed by atoms with Crippen LogP contribution in [-0.2, 0) is 16.0 Å². The molecule has 0 radical (unpaired) electrons. The van der Waals surface area contributed by atoms with Crippen molar-refractivity contribution in [2.45, 2.75) is 19.0 Å². The fraction of sp³-hybridized carbons (Fsp3) is 0.353. The van der Waals surface area contributed by atoms with Gasteiger partial charge in [0.05, 0.1) is 12.1 Å². The number of carboxylic acid groups (broad SMARTS) is 1. The van der Waals surface area contributed by atoms with Gasteiger partial charge in [0.25, 0.3) is 0 Å². The van der Waals surface area contributed by atoms with Crippen molar-refractivity contribution in [3.05, 3.63) is 48.3 Å². The van der Waals surface area contributed by atoms with Gasteiger partial charge in [-0.15, -0.1) is 0 Å². The Morgan fingerprint density at radius 2 is 1.92 bits per heavy atom. The van der Waals surface area contributed by atoms with Gasteiger partial charge in [0.2, 0.25) is 5.91 Å². The van der Waals surface area contributed by atoms with Gasteiger partial charge in [-0.05, 0) is 30.2 Å². The highest BCUT2D eigenvalue weighted by Crippen LogP contribution is 2.45. The van der Waals surface area contributed by atoms with Gasteiger partial charge in [0.1, 0.15) is 0 Å². The largest absolute Gasteiger partial charge is 0.481 e. The van der Waals surface area contributed by atoms with Gasteiger partial charge in [-0.2, -0.15) is 18.3 Å². The second kappa shape index (κ2) is 6.47. The fourth-order valence-corrected chi connectivity index (χ4v) is 3.02. The predicted molar refractivity (Wildman–Crippen MR) is 84.6 cm³/mol. The van der Waals surface area contributed by atoms with E-state index in [1.54, 1.807) is 47.4 Å². The van der Waals surface area contributed by atoms with Gasteiger partial charge in [0, 0.05) is 25.5 Å². The first-order valence-electron chi connectivity index (χ1n) is 7.90. The zero-order valence-corrected chi connectivity index (χ0v) is 13.6. The molecule has 26 heavy (non-hydrogen) atoms. The molecule has 1 N–H and O–H groups in total. The molecular formula is C17H16F3N3O3. The lowest BCUT2D eigenvalue weighted by Gasteiger charge is -2.27. The van der Waals surface area contributed by atoms with Crippen molar-refractivity contribution in [3.63, 3.8) is 0 Å². The number of carbonyl (C=O) groups is 2. The Labute approximate surface area is 146 Å². The highest BCUT2D eigenvalue weighted by molar-refractivity contribution is 5.82. The molecule has 0 aliphatic carbocycles. The average Bonchev–Trinajstić information content (AvgIpc) is 3.25. The van der Waals surface area contributed by atoms with Crippen molar-refractivity contribution in [2.75, 3.05) is 13.1 Å². The van der Waals surface area contributed by atoms with E-state index in [1.807, 2.05) is 0 Å². The molecule has 1 saturated heterocycles. The van der Waals surface area contributed by atoms with Gasteiger partial charge in [0.15, 0.2) is 5.41 Å². The number of likely N-dealkylation sites (tertiary alicyclic amines) is 1. The summed E-state index contributed by atoms with van der Waals surface area (Å²) in [5.74, 6) is -2.46. The third-order valence-corrected chi connectivity index (χ3v) is 4.63. The summed E-state index contributed by atoms with van der Waals surface area (Å²) >= 11 is 0. The minimum Gasteiger partial charge on any atom is -0.481 e. The third-order valence-electron chi connectivity index (χ3n) is 4.63. The second-order valence-corrected chi connectivity index (χ2v) is 6.24. The molecule has 2 aromatic rings. The lowest BCUT2D eigenvalue weighted by molar-refractivity contribution is -0.227. The van der Waals surface area contributed by atoms with E-state index in [0.717, 1.165) is 10.6 Å². The van der Waals surface area contributed by atoms with Crippen molar-refractivity contribution in [2.24, 2.45) is 5.41 Å². The van der Waals surface area contributed by atoms with Crippen LogP contribution in [0.2, 0.25) is 0 Å². The minimum absolute atomic E-state index is 0.0903. The number of benzene rings is 1. The molecule has 1 amide bonds. The summed E-state index contributed by atoms with van der Waals surface area (Å²) in [4.78, 5) is 24.5. The third kappa shape index (κ3) is 3.16. The first kappa shape index (κ1) is 18.0. The zero-order valence-electron chi connectivity index (χ0n) is 13.6. The summed E-state index contributed by atoms with van der Waals surface area (Å²) in [6.45, 7) is -1.08. The lowest BCUT2D eigenvalue weighted by Crippen LogP contribution is -2.47. The maximum absolute atomic E-state index is 13.2. The molecule has 1 fully saturated rings. The smallest absolute Gasteiger partial charge is 0.406 e. The van der Waals surface area contributed by atoms with Crippen molar-refractivity contribution < 1.29 is 27.9 Å². The highest BCUT2D eigenvalue weighted by Gasteiger charge is 2.64. The van der Waals surface area contributed by atoms with Gasteiger partial charge < -0.3 is 10.0 Å². The van der Waals surface area contributed by atoms with Crippen molar-refractivity contribution in [3.8, 4) is 5.69 Å². The normalized spacial score (nSPS) is 20.3. The maximum Gasteiger partial charge on any atom is 0.406 e. The van der Waals surface area contributed by atoms with E-state index >= 15 is 0 Å². The lowest BCUT2D eigenvalue weighted by atomic mass is 9.86. The topological polar surface area (TPSA) is 75.4 Å². The molecule has 1 unspecified atom stereocenters. The van der Waals surface area contributed by atoms with Crippen LogP contribution in [0.15, 0.2) is 42.7 Å². The molecule has 9 heteroatoms. The Bertz CT molecular complexity index is 803. The molecule has 1 aliphatic heterocycles. The summed E-state index contributed by atoms with van der Waals surface area (Å²) in [6, 6.07) is 8.65. The summed E-state index contributed by atoms with van der Waals surface area (Å²) in [5.41, 5.74) is -1.47. The maximum atomic E-state index is 13.2. The van der Waals surface area contributed by atoms with Crippen LogP contribution in [0, 0.1) is 5.41 Å². The Hall–Kier alpha value is -2.84. The first-order chi connectivity index (χ1) is 12.2. The van der Waals surface area contributed by atoms with Crippen LogP contribution in [0.25, 0.3) is 5.69 Å². The van der Waals surface area contributed by atoms with E-state index in [1.165, 1.54) is 0 Å². The van der Waals surface area contributed by atoms with E-state index in [9.17, 15) is 22.8 Å². The van der Waals surface area contributed by atoms with Crippen LogP contribution in [0.4, 0.5) is 13.2 Å². The Kier molecular flexibility index (Phi) is 4.47. The number of halogens is 3. The first-order valence-corrected chi connectivity index (χ1v) is 7.90. The van der Waals surface area contributed by atoms with Crippen LogP contribution in [-0.4, -0.2) is 50.9 Å². The number of rotatable bonds is 4. The van der Waals surface area contributed by atoms with E-state index in [2.05, 4.69) is 5.10 Å². The molecule has 1 aromatic carbocycles. The molecule has 0 spiro atoms. The van der Waals surface area contributed by atoms with Crippen molar-refractivity contribution >= 4 is 11.9 Å². The van der Waals surface area contributed by atoms with Crippen molar-refractivity contribution in [1.82, 2.24) is 14.7 Å². The molecule has 0 saturated carbocycles. The summed E-state index contributed by atoms with van der Waals surface area (Å²) in [5, 5.41) is 13.1. The quantitative estimate of drug-likeness (QED) is 0.900. The Balaban J connectivity index is 1.68. The highest BCUT2D eigenvalue weighted by atomic mass is 19.4. The number of amides is 1. The van der Waals surface area contributed by atoms with Crippen LogP contribution >= 0.6 is 0 Å². The van der Waals surface area contributed by atoms with Gasteiger partial charge in [-0.3, -0.25) is 9.59 Å². The van der Waals surface area contributed by atoms with Crippen LogP contribution in [0.5, 0.6) is 0 Å². The summed E-state index contributed by atoms with van der Waals surface area (Å²) in [7, 11) is 0. The molecule has 138 valence electrons. The average molecular weight is 367 g/mol. The van der Waals surface area contributed by atoms with E-state index in [-0.39, 0.29) is 13.0 Å². The van der Waals surface area contributed by atoms with Crippen LogP contribution < -0.4 is 0 Å². The minimum atomic E-state index is -4.90. The number of carboxylic acids is 1. The Morgan fingerprint density at radius 1 is 1.23 bits per heavy atom. The van der Waals surface area contributed by atoms with Gasteiger partial charge in [-0.1, -0.05) is 12.1 Å². The van der Waals surface area contributed by atoms with E-state index < -0.39 is 36.4 Å². The molecule has 3 rings (SSSR count). The van der Waals surface area contributed by atoms with Gasteiger partial charge in [-0.25, -0.2) is 4.68 Å². The predicted octanol–water partition coefficient (Wildman–Crippen LogP) is 2.28. The van der Waals surface area contributed by atoms with E-state index in [4.69, 9.17) is 5.11 Å². The molecule has 1 atom stereocenters. The monoisotopic (exact) mass is 367 g/mol. The number of hydrogen-bond donors (Lipinski definition) is 1. The second-order valence-electron chi connectivity index (χ2n) is 6.24. The summed E-state index contributed by atoms with van der Waals surface area (Å²) in [6.07, 6.45) is -2.24. The molecule has 1 aliphatic rings. The number of alkyl halides is 3. The zero-order chi connectivity index (χ0) is 18.9.